The Kier molecular flexibility index (Phi) is 2.93. The van der Waals surface area contributed by atoms with Crippen molar-refractivity contribution in [2.24, 2.45) is 0 Å². The number of aromatic amines is 1. The number of benzene rings is 1. The van der Waals surface area contributed by atoms with Gasteiger partial charge in [-0.1, -0.05) is 11.6 Å². The molecule has 4 nitrogen and oxygen atoms in total. The van der Waals surface area contributed by atoms with Crippen LogP contribution in [0.2, 0.25) is 5.15 Å². The summed E-state index contributed by atoms with van der Waals surface area (Å²) in [5, 5.41) is 4.04. The van der Waals surface area contributed by atoms with Crippen molar-refractivity contribution in [1.82, 2.24) is 9.97 Å². The van der Waals surface area contributed by atoms with Gasteiger partial charge in [0.2, 0.25) is 0 Å². The molecule has 0 aliphatic carbocycles. The fourth-order valence-electron chi connectivity index (χ4n) is 1.88. The fourth-order valence-corrected chi connectivity index (χ4v) is 2.09. The topological polar surface area (TPSA) is 57.8 Å². The minimum absolute atomic E-state index is 0.197. The maximum atomic E-state index is 12.1. The predicted octanol–water partition coefficient (Wildman–Crippen LogP) is 3.47. The van der Waals surface area contributed by atoms with Crippen LogP contribution in [0.3, 0.4) is 0 Å². The summed E-state index contributed by atoms with van der Waals surface area (Å²) in [5.41, 5.74) is 2.10. The number of carbonyl (C=O) groups is 1. The van der Waals surface area contributed by atoms with Gasteiger partial charge in [-0.25, -0.2) is 4.98 Å². The van der Waals surface area contributed by atoms with Crippen LogP contribution in [0.4, 0.5) is 5.69 Å². The predicted molar refractivity (Wildman–Crippen MR) is 75.5 cm³/mol. The summed E-state index contributed by atoms with van der Waals surface area (Å²) in [5.74, 6) is -0.270. The third kappa shape index (κ3) is 2.30. The number of fused-ring (bicyclic) bond motifs is 1. The lowest BCUT2D eigenvalue weighted by Crippen LogP contribution is -2.12. The standard InChI is InChI=1S/C14H10ClN3O/c15-13-11(2-1-6-17-13)14(19)18-10-3-4-12-9(8-10)5-7-16-12/h1-8,16H,(H,18,19). The van der Waals surface area contributed by atoms with Crippen molar-refractivity contribution in [2.45, 2.75) is 0 Å². The second-order valence-electron chi connectivity index (χ2n) is 4.08. The Balaban J connectivity index is 1.88. The summed E-state index contributed by atoms with van der Waals surface area (Å²) in [6.07, 6.45) is 3.40. The van der Waals surface area contributed by atoms with Crippen molar-refractivity contribution in [3.8, 4) is 0 Å². The zero-order valence-corrected chi connectivity index (χ0v) is 10.6. The molecule has 0 aliphatic heterocycles. The molecular formula is C14H10ClN3O. The maximum Gasteiger partial charge on any atom is 0.258 e. The first kappa shape index (κ1) is 11.7. The number of aromatic nitrogens is 2. The molecule has 5 heteroatoms. The van der Waals surface area contributed by atoms with Gasteiger partial charge in [-0.3, -0.25) is 4.79 Å². The van der Waals surface area contributed by atoms with Gasteiger partial charge in [0.15, 0.2) is 0 Å². The Hall–Kier alpha value is -2.33. The van der Waals surface area contributed by atoms with Crippen molar-refractivity contribution < 1.29 is 4.79 Å². The summed E-state index contributed by atoms with van der Waals surface area (Å²) < 4.78 is 0. The number of anilines is 1. The van der Waals surface area contributed by atoms with Crippen LogP contribution in [0.15, 0.2) is 48.8 Å². The molecular weight excluding hydrogens is 262 g/mol. The quantitative estimate of drug-likeness (QED) is 0.701. The number of nitrogens with zero attached hydrogens (tertiary/aromatic N) is 1. The summed E-state index contributed by atoms with van der Waals surface area (Å²) in [6, 6.07) is 10.9. The average Bonchev–Trinajstić information content (AvgIpc) is 2.86. The molecule has 19 heavy (non-hydrogen) atoms. The molecule has 0 radical (unpaired) electrons. The molecule has 2 aromatic heterocycles. The highest BCUT2D eigenvalue weighted by Gasteiger charge is 2.10. The molecule has 3 rings (SSSR count). The van der Waals surface area contributed by atoms with Crippen molar-refractivity contribution in [3.63, 3.8) is 0 Å². The maximum absolute atomic E-state index is 12.1. The molecule has 0 unspecified atom stereocenters. The van der Waals surface area contributed by atoms with Crippen molar-refractivity contribution in [1.29, 1.82) is 0 Å². The van der Waals surface area contributed by atoms with Crippen LogP contribution in [-0.4, -0.2) is 15.9 Å². The SMILES string of the molecule is O=C(Nc1ccc2[nH]ccc2c1)c1cccnc1Cl. The van der Waals surface area contributed by atoms with Crippen molar-refractivity contribution >= 4 is 34.1 Å². The van der Waals surface area contributed by atoms with E-state index in [0.717, 1.165) is 16.6 Å². The van der Waals surface area contributed by atoms with Gasteiger partial charge in [-0.2, -0.15) is 0 Å². The van der Waals surface area contributed by atoms with Crippen LogP contribution in [0.5, 0.6) is 0 Å². The molecule has 0 spiro atoms. The number of H-pyrrole nitrogens is 1. The highest BCUT2D eigenvalue weighted by atomic mass is 35.5. The molecule has 1 aromatic carbocycles. The molecule has 3 aromatic rings. The van der Waals surface area contributed by atoms with Gasteiger partial charge in [-0.15, -0.1) is 0 Å². The highest BCUT2D eigenvalue weighted by Crippen LogP contribution is 2.19. The number of rotatable bonds is 2. The summed E-state index contributed by atoms with van der Waals surface area (Å²) in [7, 11) is 0. The molecule has 0 atom stereocenters. The number of pyridine rings is 1. The van der Waals surface area contributed by atoms with E-state index in [1.54, 1.807) is 18.3 Å². The molecule has 1 amide bonds. The van der Waals surface area contributed by atoms with E-state index in [0.29, 0.717) is 5.56 Å². The molecule has 2 N–H and O–H groups in total. The minimum Gasteiger partial charge on any atom is -0.361 e. The zero-order valence-electron chi connectivity index (χ0n) is 9.85. The third-order valence-corrected chi connectivity index (χ3v) is 3.12. The van der Waals surface area contributed by atoms with E-state index >= 15 is 0 Å². The Bertz CT molecular complexity index is 751. The fraction of sp³-hybridized carbons (Fsp3) is 0. The summed E-state index contributed by atoms with van der Waals surface area (Å²) in [4.78, 5) is 19.0. The first-order chi connectivity index (χ1) is 9.24. The molecule has 94 valence electrons. The van der Waals surface area contributed by atoms with E-state index in [-0.39, 0.29) is 11.1 Å². The molecule has 0 saturated carbocycles. The largest absolute Gasteiger partial charge is 0.361 e. The van der Waals surface area contributed by atoms with E-state index in [1.807, 2.05) is 30.5 Å². The van der Waals surface area contributed by atoms with E-state index in [1.165, 1.54) is 0 Å². The van der Waals surface area contributed by atoms with Crippen LogP contribution < -0.4 is 5.32 Å². The normalized spacial score (nSPS) is 10.6. The van der Waals surface area contributed by atoms with Gasteiger partial charge in [0.05, 0.1) is 5.56 Å². The smallest absolute Gasteiger partial charge is 0.258 e. The Morgan fingerprint density at radius 3 is 3.00 bits per heavy atom. The first-order valence-corrected chi connectivity index (χ1v) is 6.11. The van der Waals surface area contributed by atoms with Gasteiger partial charge in [0, 0.05) is 29.0 Å². The lowest BCUT2D eigenvalue weighted by Gasteiger charge is -2.06. The van der Waals surface area contributed by atoms with Crippen LogP contribution in [0.1, 0.15) is 10.4 Å². The van der Waals surface area contributed by atoms with E-state index in [2.05, 4.69) is 15.3 Å². The molecule has 0 aliphatic rings. The van der Waals surface area contributed by atoms with Gasteiger partial charge in [-0.05, 0) is 36.4 Å². The van der Waals surface area contributed by atoms with E-state index < -0.39 is 0 Å². The number of halogens is 1. The minimum atomic E-state index is -0.270. The third-order valence-electron chi connectivity index (χ3n) is 2.81. The first-order valence-electron chi connectivity index (χ1n) is 5.73. The summed E-state index contributed by atoms with van der Waals surface area (Å²) in [6.45, 7) is 0. The highest BCUT2D eigenvalue weighted by molar-refractivity contribution is 6.33. The number of nitrogens with one attached hydrogen (secondary N) is 2. The van der Waals surface area contributed by atoms with Crippen LogP contribution in [0.25, 0.3) is 10.9 Å². The van der Waals surface area contributed by atoms with Crippen molar-refractivity contribution in [2.75, 3.05) is 5.32 Å². The molecule has 0 fully saturated rings. The van der Waals surface area contributed by atoms with Crippen LogP contribution in [0, 0.1) is 0 Å². The Morgan fingerprint density at radius 2 is 2.16 bits per heavy atom. The number of carbonyl (C=O) groups excluding carboxylic acids is 1. The Morgan fingerprint density at radius 1 is 1.26 bits per heavy atom. The lowest BCUT2D eigenvalue weighted by atomic mass is 10.2. The van der Waals surface area contributed by atoms with Gasteiger partial charge >= 0.3 is 0 Å². The Labute approximate surface area is 114 Å². The van der Waals surface area contributed by atoms with Crippen LogP contribution in [-0.2, 0) is 0 Å². The lowest BCUT2D eigenvalue weighted by molar-refractivity contribution is 0.102. The van der Waals surface area contributed by atoms with Gasteiger partial charge in [0.25, 0.3) is 5.91 Å². The monoisotopic (exact) mass is 271 g/mol. The zero-order chi connectivity index (χ0) is 13.2. The van der Waals surface area contributed by atoms with Crippen LogP contribution >= 0.6 is 11.6 Å². The number of hydrogen-bond acceptors (Lipinski definition) is 2. The van der Waals surface area contributed by atoms with Gasteiger partial charge in [0.1, 0.15) is 5.15 Å². The number of amides is 1. The van der Waals surface area contributed by atoms with E-state index in [4.69, 9.17) is 11.6 Å². The summed E-state index contributed by atoms with van der Waals surface area (Å²) >= 11 is 5.89. The van der Waals surface area contributed by atoms with Gasteiger partial charge < -0.3 is 10.3 Å². The van der Waals surface area contributed by atoms with E-state index in [9.17, 15) is 4.79 Å². The molecule has 0 saturated heterocycles. The second kappa shape index (κ2) is 4.74. The van der Waals surface area contributed by atoms with Crippen molar-refractivity contribution in [3.05, 3.63) is 59.5 Å². The average molecular weight is 272 g/mol. The molecule has 0 bridgehead atoms. The number of hydrogen-bond donors (Lipinski definition) is 2. The molecule has 2 heterocycles. The second-order valence-corrected chi connectivity index (χ2v) is 4.43.